The molecule has 6 heteroatoms. The molecular weight excluding hydrogens is 661 g/mol. The first-order valence-electron chi connectivity index (χ1n) is 21.8. The van der Waals surface area contributed by atoms with E-state index in [9.17, 15) is 14.4 Å². The van der Waals surface area contributed by atoms with Gasteiger partial charge in [0.15, 0.2) is 6.10 Å². The van der Waals surface area contributed by atoms with Crippen molar-refractivity contribution in [2.24, 2.45) is 0 Å². The summed E-state index contributed by atoms with van der Waals surface area (Å²) >= 11 is 0. The minimum atomic E-state index is -0.779. The van der Waals surface area contributed by atoms with Gasteiger partial charge in [-0.2, -0.15) is 0 Å². The molecule has 0 heterocycles. The molecule has 1 unspecified atom stereocenters. The third kappa shape index (κ3) is 40.1. The topological polar surface area (TPSA) is 78.9 Å². The van der Waals surface area contributed by atoms with E-state index in [4.69, 9.17) is 14.2 Å². The predicted octanol–water partition coefficient (Wildman–Crippen LogP) is 13.7. The van der Waals surface area contributed by atoms with Crippen molar-refractivity contribution in [3.05, 3.63) is 60.8 Å². The molecule has 53 heavy (non-hydrogen) atoms. The Hall–Kier alpha value is -2.89. The van der Waals surface area contributed by atoms with E-state index in [-0.39, 0.29) is 31.1 Å². The van der Waals surface area contributed by atoms with Crippen LogP contribution in [0.2, 0.25) is 0 Å². The Labute approximate surface area is 326 Å². The highest BCUT2D eigenvalue weighted by Crippen LogP contribution is 2.13. The molecule has 0 N–H and O–H groups in total. The molecule has 0 bridgehead atoms. The average molecular weight is 741 g/mol. The van der Waals surface area contributed by atoms with Crippen LogP contribution >= 0.6 is 0 Å². The van der Waals surface area contributed by atoms with Crippen LogP contribution in [0.1, 0.15) is 201 Å². The molecule has 0 aliphatic heterocycles. The molecule has 0 aromatic carbocycles. The van der Waals surface area contributed by atoms with Crippen LogP contribution < -0.4 is 0 Å². The van der Waals surface area contributed by atoms with Gasteiger partial charge in [0.05, 0.1) is 0 Å². The van der Waals surface area contributed by atoms with E-state index in [1.54, 1.807) is 0 Å². The summed E-state index contributed by atoms with van der Waals surface area (Å²) in [6.45, 7) is 6.40. The number of carbonyl (C=O) groups excluding carboxylic acids is 3. The third-order valence-electron chi connectivity index (χ3n) is 9.04. The number of rotatable bonds is 38. The highest BCUT2D eigenvalue weighted by Gasteiger charge is 2.19. The molecule has 6 nitrogen and oxygen atoms in total. The molecule has 0 saturated heterocycles. The Morgan fingerprint density at radius 3 is 1.15 bits per heavy atom. The lowest BCUT2D eigenvalue weighted by Gasteiger charge is -2.18. The number of hydrogen-bond acceptors (Lipinski definition) is 6. The lowest BCUT2D eigenvalue weighted by molar-refractivity contribution is -0.167. The van der Waals surface area contributed by atoms with E-state index >= 15 is 0 Å². The van der Waals surface area contributed by atoms with Gasteiger partial charge in [-0.3, -0.25) is 14.4 Å². The second-order valence-corrected chi connectivity index (χ2v) is 14.2. The molecule has 0 saturated carbocycles. The van der Waals surface area contributed by atoms with Gasteiger partial charge in [-0.25, -0.2) is 0 Å². The van der Waals surface area contributed by atoms with Gasteiger partial charge in [0.2, 0.25) is 0 Å². The van der Waals surface area contributed by atoms with E-state index in [2.05, 4.69) is 81.5 Å². The van der Waals surface area contributed by atoms with E-state index in [1.165, 1.54) is 64.2 Å². The number of esters is 3. The summed E-state index contributed by atoms with van der Waals surface area (Å²) in [7, 11) is 0. The molecule has 1 atom stereocenters. The second kappa shape index (κ2) is 41.9. The van der Waals surface area contributed by atoms with E-state index in [0.29, 0.717) is 19.3 Å². The zero-order valence-corrected chi connectivity index (χ0v) is 34.5. The molecular formula is C47H80O6. The van der Waals surface area contributed by atoms with Crippen LogP contribution in [-0.4, -0.2) is 37.2 Å². The van der Waals surface area contributed by atoms with Gasteiger partial charge in [0.25, 0.3) is 0 Å². The number of carbonyl (C=O) groups is 3. The average Bonchev–Trinajstić information content (AvgIpc) is 3.15. The normalized spacial score (nSPS) is 12.6. The summed E-state index contributed by atoms with van der Waals surface area (Å²) in [6, 6.07) is 0. The van der Waals surface area contributed by atoms with Crippen LogP contribution in [-0.2, 0) is 28.6 Å². The number of hydrogen-bond donors (Lipinski definition) is 0. The second-order valence-electron chi connectivity index (χ2n) is 14.2. The van der Waals surface area contributed by atoms with Crippen LogP contribution in [0.5, 0.6) is 0 Å². The lowest BCUT2D eigenvalue weighted by Crippen LogP contribution is -2.30. The monoisotopic (exact) mass is 741 g/mol. The Balaban J connectivity index is 4.31. The van der Waals surface area contributed by atoms with Crippen molar-refractivity contribution in [2.75, 3.05) is 13.2 Å². The van der Waals surface area contributed by atoms with Crippen molar-refractivity contribution in [3.63, 3.8) is 0 Å². The van der Waals surface area contributed by atoms with E-state index in [0.717, 1.165) is 96.3 Å². The van der Waals surface area contributed by atoms with Gasteiger partial charge in [0, 0.05) is 19.3 Å². The maximum atomic E-state index is 12.6. The zero-order valence-electron chi connectivity index (χ0n) is 34.5. The molecule has 0 aliphatic carbocycles. The first-order chi connectivity index (χ1) is 26.0. The van der Waals surface area contributed by atoms with E-state index < -0.39 is 6.10 Å². The first-order valence-corrected chi connectivity index (χ1v) is 21.8. The minimum absolute atomic E-state index is 0.0844. The standard InChI is InChI=1S/C47H80O6/c1-4-7-10-13-16-18-20-21-22-23-24-25-26-27-28-30-31-34-37-40-46(49)52-43-44(42-51-45(48)39-36-33-15-12-9-6-3)53-47(50)41-38-35-32-29-19-17-14-11-8-5-2/h7,10,16,18,21-22,24-25,27-28,44H,4-6,8-9,11-15,17,19-20,23,26,29-43H2,1-3H3/b10-7-,18-16-,22-21-,25-24-,28-27-. The summed E-state index contributed by atoms with van der Waals surface area (Å²) in [5, 5.41) is 0. The van der Waals surface area contributed by atoms with Gasteiger partial charge in [0.1, 0.15) is 13.2 Å². The molecule has 0 rings (SSSR count). The van der Waals surface area contributed by atoms with Crippen molar-refractivity contribution in [1.29, 1.82) is 0 Å². The highest BCUT2D eigenvalue weighted by atomic mass is 16.6. The van der Waals surface area contributed by atoms with Crippen molar-refractivity contribution >= 4 is 17.9 Å². The van der Waals surface area contributed by atoms with Gasteiger partial charge in [-0.05, 0) is 64.2 Å². The first kappa shape index (κ1) is 50.1. The molecule has 0 aromatic heterocycles. The SMILES string of the molecule is CC/C=C\C/C=C\C/C=C\C/C=C\C/C=C\CCCCCC(=O)OCC(COC(=O)CCCCCCCC)OC(=O)CCCCCCCCCCCC. The summed E-state index contributed by atoms with van der Waals surface area (Å²) in [4.78, 5) is 37.4. The summed E-state index contributed by atoms with van der Waals surface area (Å²) in [6.07, 6.45) is 49.4. The Bertz CT molecular complexity index is 991. The fourth-order valence-corrected chi connectivity index (χ4v) is 5.76. The molecule has 0 aromatic rings. The molecule has 0 aliphatic rings. The highest BCUT2D eigenvalue weighted by molar-refractivity contribution is 5.71. The van der Waals surface area contributed by atoms with Gasteiger partial charge in [-0.1, -0.05) is 178 Å². The van der Waals surface area contributed by atoms with Crippen molar-refractivity contribution in [1.82, 2.24) is 0 Å². The minimum Gasteiger partial charge on any atom is -0.462 e. The quantitative estimate of drug-likeness (QED) is 0.0271. The van der Waals surface area contributed by atoms with E-state index in [1.807, 2.05) is 0 Å². The zero-order chi connectivity index (χ0) is 38.7. The number of ether oxygens (including phenoxy) is 3. The Morgan fingerprint density at radius 1 is 0.396 bits per heavy atom. The number of allylic oxidation sites excluding steroid dienone is 10. The van der Waals surface area contributed by atoms with Crippen molar-refractivity contribution in [2.45, 2.75) is 207 Å². The van der Waals surface area contributed by atoms with Crippen LogP contribution in [0, 0.1) is 0 Å². The Kier molecular flexibility index (Phi) is 39.6. The van der Waals surface area contributed by atoms with Crippen molar-refractivity contribution in [3.8, 4) is 0 Å². The fraction of sp³-hybridized carbons (Fsp3) is 0.723. The van der Waals surface area contributed by atoms with Gasteiger partial charge < -0.3 is 14.2 Å². The molecule has 0 spiro atoms. The summed E-state index contributed by atoms with van der Waals surface area (Å²) < 4.78 is 16.6. The van der Waals surface area contributed by atoms with Gasteiger partial charge in [-0.15, -0.1) is 0 Å². The third-order valence-corrected chi connectivity index (χ3v) is 9.04. The summed E-state index contributed by atoms with van der Waals surface area (Å²) in [5.74, 6) is -0.934. The smallest absolute Gasteiger partial charge is 0.306 e. The van der Waals surface area contributed by atoms with Crippen LogP contribution in [0.15, 0.2) is 60.8 Å². The lowest BCUT2D eigenvalue weighted by atomic mass is 10.1. The predicted molar refractivity (Wildman–Crippen MR) is 224 cm³/mol. The molecule has 304 valence electrons. The maximum Gasteiger partial charge on any atom is 0.306 e. The maximum absolute atomic E-state index is 12.6. The summed E-state index contributed by atoms with van der Waals surface area (Å²) in [5.41, 5.74) is 0. The molecule has 0 radical (unpaired) electrons. The molecule has 0 amide bonds. The fourth-order valence-electron chi connectivity index (χ4n) is 5.76. The molecule has 0 fully saturated rings. The van der Waals surface area contributed by atoms with Crippen LogP contribution in [0.25, 0.3) is 0 Å². The van der Waals surface area contributed by atoms with Crippen LogP contribution in [0.3, 0.4) is 0 Å². The number of unbranched alkanes of at least 4 members (excludes halogenated alkanes) is 17. The Morgan fingerprint density at radius 2 is 0.736 bits per heavy atom. The van der Waals surface area contributed by atoms with Crippen molar-refractivity contribution < 1.29 is 28.6 Å². The van der Waals surface area contributed by atoms with Crippen LogP contribution in [0.4, 0.5) is 0 Å². The largest absolute Gasteiger partial charge is 0.462 e. The van der Waals surface area contributed by atoms with Gasteiger partial charge >= 0.3 is 17.9 Å².